The van der Waals surface area contributed by atoms with Gasteiger partial charge < -0.3 is 15.6 Å². The smallest absolute Gasteiger partial charge is 0.387 e. The van der Waals surface area contributed by atoms with Crippen LogP contribution < -0.4 is 10.5 Å². The Hall–Kier alpha value is -1.69. The van der Waals surface area contributed by atoms with Crippen LogP contribution in [0.1, 0.15) is 12.5 Å². The molecule has 1 unspecified atom stereocenters. The molecule has 3 N–H and O–H groups in total. The minimum absolute atomic E-state index is 0.00259. The van der Waals surface area contributed by atoms with Crippen LogP contribution in [0, 0.1) is 0 Å². The average Bonchev–Trinajstić information content (AvgIpc) is 2.17. The number of carboxylic acids is 1. The quantitative estimate of drug-likeness (QED) is 0.824. The molecule has 0 aliphatic carbocycles. The molecule has 16 heavy (non-hydrogen) atoms. The number of carbonyl (C=O) groups is 1. The zero-order valence-electron chi connectivity index (χ0n) is 8.48. The van der Waals surface area contributed by atoms with E-state index in [4.69, 9.17) is 10.8 Å². The first-order valence-electron chi connectivity index (χ1n) is 4.42. The van der Waals surface area contributed by atoms with Gasteiger partial charge in [0.2, 0.25) is 0 Å². The Morgan fingerprint density at radius 2 is 2.06 bits per heavy atom. The summed E-state index contributed by atoms with van der Waals surface area (Å²) < 4.78 is 28.4. The van der Waals surface area contributed by atoms with Crippen LogP contribution >= 0.6 is 0 Å². The standard InChI is InChI=1S/C10H11F2NO3/c1-10(13,8(14)15)6-4-2-3-5-7(6)16-9(11)12/h2-5,9H,13H2,1H3,(H,14,15). The SMILES string of the molecule is CC(N)(C(=O)O)c1ccccc1OC(F)F. The number of hydrogen-bond donors (Lipinski definition) is 2. The number of nitrogens with two attached hydrogens (primary N) is 1. The van der Waals surface area contributed by atoms with E-state index in [1.54, 1.807) is 0 Å². The van der Waals surface area contributed by atoms with E-state index in [-0.39, 0.29) is 11.3 Å². The molecule has 0 saturated heterocycles. The van der Waals surface area contributed by atoms with E-state index in [0.717, 1.165) is 0 Å². The van der Waals surface area contributed by atoms with Gasteiger partial charge in [-0.3, -0.25) is 0 Å². The van der Waals surface area contributed by atoms with Crippen LogP contribution in [0.2, 0.25) is 0 Å². The lowest BCUT2D eigenvalue weighted by molar-refractivity contribution is -0.143. The first-order chi connectivity index (χ1) is 7.35. The van der Waals surface area contributed by atoms with Crippen molar-refractivity contribution in [2.24, 2.45) is 5.73 Å². The monoisotopic (exact) mass is 231 g/mol. The molecular formula is C10H11F2NO3. The Kier molecular flexibility index (Phi) is 3.44. The molecule has 1 atom stereocenters. The predicted octanol–water partition coefficient (Wildman–Crippen LogP) is 1.55. The van der Waals surface area contributed by atoms with Crippen molar-refractivity contribution in [3.63, 3.8) is 0 Å². The molecule has 0 bridgehead atoms. The Bertz CT molecular complexity index is 393. The molecule has 0 aromatic heterocycles. The first-order valence-corrected chi connectivity index (χ1v) is 4.42. The van der Waals surface area contributed by atoms with E-state index >= 15 is 0 Å². The normalized spacial score (nSPS) is 14.6. The molecule has 88 valence electrons. The number of aliphatic carboxylic acids is 1. The third-order valence-electron chi connectivity index (χ3n) is 2.11. The summed E-state index contributed by atoms with van der Waals surface area (Å²) in [4.78, 5) is 10.9. The minimum Gasteiger partial charge on any atom is -0.480 e. The number of benzene rings is 1. The van der Waals surface area contributed by atoms with Crippen molar-refractivity contribution in [2.75, 3.05) is 0 Å². The minimum atomic E-state index is -3.02. The van der Waals surface area contributed by atoms with Crippen molar-refractivity contribution < 1.29 is 23.4 Å². The predicted molar refractivity (Wildman–Crippen MR) is 52.2 cm³/mol. The third-order valence-corrected chi connectivity index (χ3v) is 2.11. The van der Waals surface area contributed by atoms with Crippen LogP contribution in [0.25, 0.3) is 0 Å². The zero-order chi connectivity index (χ0) is 12.3. The van der Waals surface area contributed by atoms with Gasteiger partial charge in [-0.15, -0.1) is 0 Å². The molecule has 1 aromatic carbocycles. The number of ether oxygens (including phenoxy) is 1. The molecule has 4 nitrogen and oxygen atoms in total. The highest BCUT2D eigenvalue weighted by molar-refractivity contribution is 5.81. The van der Waals surface area contributed by atoms with Gasteiger partial charge in [-0.05, 0) is 13.0 Å². The van der Waals surface area contributed by atoms with Crippen LogP contribution in [-0.2, 0) is 10.3 Å². The van der Waals surface area contributed by atoms with Gasteiger partial charge in [-0.1, -0.05) is 18.2 Å². The summed E-state index contributed by atoms with van der Waals surface area (Å²) in [6.07, 6.45) is 0. The van der Waals surface area contributed by atoms with E-state index in [0.29, 0.717) is 0 Å². The molecule has 0 heterocycles. The molecule has 0 aliphatic heterocycles. The Labute approximate surface area is 90.6 Å². The fourth-order valence-corrected chi connectivity index (χ4v) is 1.21. The summed E-state index contributed by atoms with van der Waals surface area (Å²) in [5.74, 6) is -1.55. The van der Waals surface area contributed by atoms with Crippen LogP contribution in [-0.4, -0.2) is 17.7 Å². The van der Waals surface area contributed by atoms with E-state index < -0.39 is 18.1 Å². The van der Waals surface area contributed by atoms with Gasteiger partial charge in [0, 0.05) is 5.56 Å². The van der Waals surface area contributed by atoms with Crippen molar-refractivity contribution in [2.45, 2.75) is 19.1 Å². The highest BCUT2D eigenvalue weighted by Crippen LogP contribution is 2.29. The Balaban J connectivity index is 3.17. The summed E-state index contributed by atoms with van der Waals surface area (Å²) in [7, 11) is 0. The number of alkyl halides is 2. The molecule has 0 spiro atoms. The second kappa shape index (κ2) is 4.44. The van der Waals surface area contributed by atoms with E-state index in [1.807, 2.05) is 0 Å². The van der Waals surface area contributed by atoms with Crippen LogP contribution in [0.3, 0.4) is 0 Å². The summed E-state index contributed by atoms with van der Waals surface area (Å²) >= 11 is 0. The number of halogens is 2. The largest absolute Gasteiger partial charge is 0.480 e. The number of para-hydroxylation sites is 1. The molecule has 0 fully saturated rings. The second-order valence-corrected chi connectivity index (χ2v) is 3.38. The number of rotatable bonds is 4. The van der Waals surface area contributed by atoms with Crippen molar-refractivity contribution >= 4 is 5.97 Å². The van der Waals surface area contributed by atoms with Crippen LogP contribution in [0.15, 0.2) is 24.3 Å². The number of carboxylic acid groups (broad SMARTS) is 1. The summed E-state index contributed by atoms with van der Waals surface area (Å²) in [6, 6.07) is 5.54. The van der Waals surface area contributed by atoms with Gasteiger partial charge in [0.25, 0.3) is 0 Å². The lowest BCUT2D eigenvalue weighted by Crippen LogP contribution is -2.42. The lowest BCUT2D eigenvalue weighted by atomic mass is 9.92. The van der Waals surface area contributed by atoms with Crippen molar-refractivity contribution in [1.82, 2.24) is 0 Å². The molecule has 0 saturated carbocycles. The maximum Gasteiger partial charge on any atom is 0.387 e. The molecule has 0 aliphatic rings. The summed E-state index contributed by atoms with van der Waals surface area (Å²) in [6.45, 7) is -1.81. The summed E-state index contributed by atoms with van der Waals surface area (Å²) in [5, 5.41) is 8.89. The molecule has 0 radical (unpaired) electrons. The second-order valence-electron chi connectivity index (χ2n) is 3.38. The van der Waals surface area contributed by atoms with E-state index in [2.05, 4.69) is 4.74 Å². The Morgan fingerprint density at radius 1 is 1.50 bits per heavy atom. The fourth-order valence-electron chi connectivity index (χ4n) is 1.21. The Morgan fingerprint density at radius 3 is 2.56 bits per heavy atom. The first kappa shape index (κ1) is 12.4. The maximum absolute atomic E-state index is 12.1. The van der Waals surface area contributed by atoms with Gasteiger partial charge in [-0.2, -0.15) is 8.78 Å². The molecule has 1 aromatic rings. The zero-order valence-corrected chi connectivity index (χ0v) is 8.48. The van der Waals surface area contributed by atoms with Gasteiger partial charge in [0.05, 0.1) is 0 Å². The van der Waals surface area contributed by atoms with E-state index in [1.165, 1.54) is 31.2 Å². The highest BCUT2D eigenvalue weighted by atomic mass is 19.3. The van der Waals surface area contributed by atoms with E-state index in [9.17, 15) is 13.6 Å². The topological polar surface area (TPSA) is 72.6 Å². The maximum atomic E-state index is 12.1. The van der Waals surface area contributed by atoms with Crippen LogP contribution in [0.4, 0.5) is 8.78 Å². The molecule has 6 heteroatoms. The highest BCUT2D eigenvalue weighted by Gasteiger charge is 2.33. The average molecular weight is 231 g/mol. The molecule has 0 amide bonds. The lowest BCUT2D eigenvalue weighted by Gasteiger charge is -2.22. The van der Waals surface area contributed by atoms with Gasteiger partial charge in [0.15, 0.2) is 0 Å². The van der Waals surface area contributed by atoms with Gasteiger partial charge in [-0.25, -0.2) is 4.79 Å². The number of hydrogen-bond acceptors (Lipinski definition) is 3. The van der Waals surface area contributed by atoms with Gasteiger partial charge >= 0.3 is 12.6 Å². The fraction of sp³-hybridized carbons (Fsp3) is 0.300. The van der Waals surface area contributed by atoms with Crippen LogP contribution in [0.5, 0.6) is 5.75 Å². The van der Waals surface area contributed by atoms with Crippen molar-refractivity contribution in [3.8, 4) is 5.75 Å². The van der Waals surface area contributed by atoms with Crippen molar-refractivity contribution in [1.29, 1.82) is 0 Å². The molecular weight excluding hydrogens is 220 g/mol. The summed E-state index contributed by atoms with van der Waals surface area (Å²) in [5.41, 5.74) is 3.76. The molecule has 1 rings (SSSR count). The van der Waals surface area contributed by atoms with Gasteiger partial charge in [0.1, 0.15) is 11.3 Å². The third kappa shape index (κ3) is 2.46. The van der Waals surface area contributed by atoms with Crippen molar-refractivity contribution in [3.05, 3.63) is 29.8 Å².